The lowest BCUT2D eigenvalue weighted by Gasteiger charge is -2.21. The minimum atomic E-state index is -0.391. The van der Waals surface area contributed by atoms with Crippen LogP contribution in [0.5, 0.6) is 0 Å². The quantitative estimate of drug-likeness (QED) is 0.661. The zero-order valence-corrected chi connectivity index (χ0v) is 18.3. The Morgan fingerprint density at radius 1 is 1.21 bits per heavy atom. The van der Waals surface area contributed by atoms with Crippen molar-refractivity contribution < 1.29 is 9.59 Å². The molecule has 2 aliphatic heterocycles. The van der Waals surface area contributed by atoms with Gasteiger partial charge in [-0.3, -0.25) is 9.78 Å². The first-order valence-electron chi connectivity index (χ1n) is 10.9. The lowest BCUT2D eigenvalue weighted by Crippen LogP contribution is -2.42. The van der Waals surface area contributed by atoms with E-state index in [0.717, 1.165) is 24.0 Å². The van der Waals surface area contributed by atoms with Gasteiger partial charge >= 0.3 is 11.7 Å². The number of urea groups is 1. The van der Waals surface area contributed by atoms with E-state index >= 15 is 0 Å². The molecule has 0 radical (unpaired) electrons. The molecular formula is C23H25N7O3. The van der Waals surface area contributed by atoms with Crippen LogP contribution in [0.2, 0.25) is 0 Å². The molecular weight excluding hydrogens is 422 g/mol. The summed E-state index contributed by atoms with van der Waals surface area (Å²) in [6.45, 7) is 2.73. The maximum absolute atomic E-state index is 12.9. The molecule has 33 heavy (non-hydrogen) atoms. The number of nitrogens with one attached hydrogen (secondary N) is 3. The average Bonchev–Trinajstić information content (AvgIpc) is 2.98. The van der Waals surface area contributed by atoms with Crippen LogP contribution in [0.3, 0.4) is 0 Å². The Morgan fingerprint density at radius 2 is 2.00 bits per heavy atom. The molecule has 2 aromatic rings. The van der Waals surface area contributed by atoms with Crippen molar-refractivity contribution in [1.29, 1.82) is 5.26 Å². The molecule has 0 saturated carbocycles. The Bertz CT molecular complexity index is 1210. The number of carbonyl (C=O) groups is 2. The average molecular weight is 447 g/mol. The second-order valence-electron chi connectivity index (χ2n) is 8.12. The van der Waals surface area contributed by atoms with Crippen LogP contribution < -0.4 is 16.3 Å². The van der Waals surface area contributed by atoms with Gasteiger partial charge in [0.1, 0.15) is 11.5 Å². The number of hydrogen-bond acceptors (Lipinski definition) is 5. The highest BCUT2D eigenvalue weighted by Gasteiger charge is 2.25. The van der Waals surface area contributed by atoms with Crippen molar-refractivity contribution in [1.82, 2.24) is 30.3 Å². The summed E-state index contributed by atoms with van der Waals surface area (Å²) in [4.78, 5) is 41.8. The SMILES string of the molecule is Cc1nn(C2CCCN(C(=O)NC3=CCC(c4ccc(C#N)cc4)=CNC3=O)CC2)c(=O)[nH]1. The van der Waals surface area contributed by atoms with Gasteiger partial charge in [-0.1, -0.05) is 18.2 Å². The van der Waals surface area contributed by atoms with Crippen LogP contribution in [0.4, 0.5) is 4.79 Å². The molecule has 0 bridgehead atoms. The van der Waals surface area contributed by atoms with Crippen molar-refractivity contribution in [2.75, 3.05) is 13.1 Å². The second-order valence-corrected chi connectivity index (χ2v) is 8.12. The number of nitrogens with zero attached hydrogens (tertiary/aromatic N) is 4. The lowest BCUT2D eigenvalue weighted by molar-refractivity contribution is -0.116. The van der Waals surface area contributed by atoms with E-state index in [1.54, 1.807) is 36.2 Å². The normalized spacial score (nSPS) is 18.8. The second kappa shape index (κ2) is 9.56. The van der Waals surface area contributed by atoms with Crippen LogP contribution in [0.15, 0.2) is 47.0 Å². The topological polar surface area (TPSA) is 136 Å². The van der Waals surface area contributed by atoms with Crippen molar-refractivity contribution in [3.63, 3.8) is 0 Å². The Labute approximate surface area is 190 Å². The van der Waals surface area contributed by atoms with Crippen molar-refractivity contribution in [2.45, 2.75) is 38.6 Å². The van der Waals surface area contributed by atoms with Crippen molar-refractivity contribution in [3.05, 3.63) is 69.7 Å². The number of allylic oxidation sites excluding steroid dienone is 2. The fourth-order valence-electron chi connectivity index (χ4n) is 4.07. The molecule has 170 valence electrons. The highest BCUT2D eigenvalue weighted by Crippen LogP contribution is 2.22. The monoisotopic (exact) mass is 447 g/mol. The highest BCUT2D eigenvalue weighted by atomic mass is 16.2. The van der Waals surface area contributed by atoms with Gasteiger partial charge in [0.25, 0.3) is 5.91 Å². The molecule has 0 spiro atoms. The Balaban J connectivity index is 1.39. The van der Waals surface area contributed by atoms with E-state index in [0.29, 0.717) is 37.3 Å². The van der Waals surface area contributed by atoms with Gasteiger partial charge < -0.3 is 15.5 Å². The van der Waals surface area contributed by atoms with Gasteiger partial charge in [-0.05, 0) is 55.9 Å². The van der Waals surface area contributed by atoms with Crippen LogP contribution in [-0.4, -0.2) is 44.7 Å². The van der Waals surface area contributed by atoms with E-state index in [1.807, 2.05) is 12.1 Å². The molecule has 10 nitrogen and oxygen atoms in total. The van der Waals surface area contributed by atoms with E-state index in [-0.39, 0.29) is 23.5 Å². The first-order valence-corrected chi connectivity index (χ1v) is 10.9. The Kier molecular flexibility index (Phi) is 6.40. The van der Waals surface area contributed by atoms with E-state index < -0.39 is 5.91 Å². The Morgan fingerprint density at radius 3 is 2.70 bits per heavy atom. The number of aromatic nitrogens is 3. The number of hydrogen-bond donors (Lipinski definition) is 3. The number of H-pyrrole nitrogens is 1. The lowest BCUT2D eigenvalue weighted by atomic mass is 10.0. The maximum Gasteiger partial charge on any atom is 0.343 e. The summed E-state index contributed by atoms with van der Waals surface area (Å²) in [5.74, 6) is 0.178. The fraction of sp³-hybridized carbons (Fsp3) is 0.348. The number of benzene rings is 1. The molecule has 1 unspecified atom stereocenters. The predicted molar refractivity (Wildman–Crippen MR) is 121 cm³/mol. The third-order valence-corrected chi connectivity index (χ3v) is 5.86. The third-order valence-electron chi connectivity index (χ3n) is 5.86. The van der Waals surface area contributed by atoms with Crippen LogP contribution in [0.25, 0.3) is 5.57 Å². The third kappa shape index (κ3) is 5.03. The maximum atomic E-state index is 12.9. The molecule has 1 aromatic heterocycles. The molecule has 3 heterocycles. The summed E-state index contributed by atoms with van der Waals surface area (Å²) >= 11 is 0. The summed E-state index contributed by atoms with van der Waals surface area (Å²) < 4.78 is 1.47. The number of aromatic amines is 1. The summed E-state index contributed by atoms with van der Waals surface area (Å²) in [5.41, 5.74) is 2.28. The molecule has 1 saturated heterocycles. The Hall–Kier alpha value is -4.13. The van der Waals surface area contributed by atoms with Gasteiger partial charge in [-0.15, -0.1) is 0 Å². The van der Waals surface area contributed by atoms with E-state index in [1.165, 1.54) is 4.68 Å². The molecule has 1 atom stereocenters. The summed E-state index contributed by atoms with van der Waals surface area (Å²) in [6, 6.07) is 8.77. The van der Waals surface area contributed by atoms with Crippen LogP contribution in [0.1, 0.15) is 48.7 Å². The van der Waals surface area contributed by atoms with Gasteiger partial charge in [0.2, 0.25) is 0 Å². The minimum Gasteiger partial charge on any atom is -0.327 e. The van der Waals surface area contributed by atoms with E-state index in [4.69, 9.17) is 5.26 Å². The van der Waals surface area contributed by atoms with Gasteiger partial charge in [-0.25, -0.2) is 14.3 Å². The predicted octanol–water partition coefficient (Wildman–Crippen LogP) is 1.93. The zero-order valence-electron chi connectivity index (χ0n) is 18.3. The number of aryl methyl sites for hydroxylation is 1. The highest BCUT2D eigenvalue weighted by molar-refractivity contribution is 5.99. The van der Waals surface area contributed by atoms with Crippen molar-refractivity contribution >= 4 is 17.5 Å². The van der Waals surface area contributed by atoms with Crippen molar-refractivity contribution in [2.24, 2.45) is 0 Å². The summed E-state index contributed by atoms with van der Waals surface area (Å²) in [7, 11) is 0. The molecule has 1 aromatic carbocycles. The minimum absolute atomic E-state index is 0.0696. The molecule has 3 amide bonds. The summed E-state index contributed by atoms with van der Waals surface area (Å²) in [5, 5.41) is 18.6. The number of likely N-dealkylation sites (tertiary alicyclic amines) is 1. The molecule has 2 aliphatic rings. The van der Waals surface area contributed by atoms with Gasteiger partial charge in [0.15, 0.2) is 0 Å². The number of nitriles is 1. The van der Waals surface area contributed by atoms with Crippen LogP contribution >= 0.6 is 0 Å². The number of carbonyl (C=O) groups excluding carboxylic acids is 2. The van der Waals surface area contributed by atoms with Gasteiger partial charge in [0, 0.05) is 19.3 Å². The molecule has 10 heteroatoms. The summed E-state index contributed by atoms with van der Waals surface area (Å²) in [6.07, 6.45) is 5.84. The first kappa shape index (κ1) is 22.1. The van der Waals surface area contributed by atoms with Gasteiger partial charge in [-0.2, -0.15) is 10.4 Å². The van der Waals surface area contributed by atoms with Gasteiger partial charge in [0.05, 0.1) is 17.7 Å². The number of amides is 3. The molecule has 1 fully saturated rings. The molecule has 4 rings (SSSR count). The standard InChI is InChI=1S/C23H25N7O3/c1-15-26-23(33)30(28-15)19-3-2-11-29(12-10-19)22(32)27-20-9-8-18(14-25-21(20)31)17-6-4-16(13-24)5-7-17/h4-7,9,14,19H,2-3,8,10-12H2,1H3,(H,25,31)(H,27,32)(H,26,28,33). The largest absolute Gasteiger partial charge is 0.343 e. The van der Waals surface area contributed by atoms with E-state index in [2.05, 4.69) is 26.8 Å². The molecule has 0 aliphatic carbocycles. The van der Waals surface area contributed by atoms with Crippen LogP contribution in [-0.2, 0) is 4.79 Å². The smallest absolute Gasteiger partial charge is 0.327 e. The van der Waals surface area contributed by atoms with Crippen LogP contribution in [0, 0.1) is 18.3 Å². The van der Waals surface area contributed by atoms with E-state index in [9.17, 15) is 14.4 Å². The first-order chi connectivity index (χ1) is 15.9. The van der Waals surface area contributed by atoms with Crippen molar-refractivity contribution in [3.8, 4) is 6.07 Å². The molecule has 3 N–H and O–H groups in total. The number of rotatable bonds is 3. The zero-order chi connectivity index (χ0) is 23.4. The fourth-order valence-corrected chi connectivity index (χ4v) is 4.07.